The van der Waals surface area contributed by atoms with Gasteiger partial charge < -0.3 is 14.2 Å². The fourth-order valence-electron chi connectivity index (χ4n) is 4.21. The molecule has 3 atom stereocenters. The zero-order valence-electron chi connectivity index (χ0n) is 17.8. The van der Waals surface area contributed by atoms with Gasteiger partial charge >= 0.3 is 0 Å². The van der Waals surface area contributed by atoms with E-state index in [2.05, 4.69) is 67.9 Å². The van der Waals surface area contributed by atoms with Gasteiger partial charge in [0.05, 0.1) is 25.8 Å². The molecular formula is C25H30N2O3. The van der Waals surface area contributed by atoms with Crippen molar-refractivity contribution in [2.24, 2.45) is 15.9 Å². The summed E-state index contributed by atoms with van der Waals surface area (Å²) in [6, 6.07) is 15.0. The van der Waals surface area contributed by atoms with E-state index in [-0.39, 0.29) is 17.6 Å². The molecule has 30 heavy (non-hydrogen) atoms. The molecule has 2 heterocycles. The summed E-state index contributed by atoms with van der Waals surface area (Å²) < 4.78 is 17.4. The summed E-state index contributed by atoms with van der Waals surface area (Å²) in [6.07, 6.45) is 3.65. The number of hydrogen-bond donors (Lipinski definition) is 0. The van der Waals surface area contributed by atoms with Gasteiger partial charge in [0.2, 0.25) is 0 Å². The second kappa shape index (κ2) is 8.90. The third-order valence-corrected chi connectivity index (χ3v) is 5.97. The summed E-state index contributed by atoms with van der Waals surface area (Å²) in [5.41, 5.74) is 0.896. The quantitative estimate of drug-likeness (QED) is 0.438. The first-order valence-corrected chi connectivity index (χ1v) is 10.7. The van der Waals surface area contributed by atoms with Gasteiger partial charge in [0.1, 0.15) is 18.2 Å². The molecule has 3 unspecified atom stereocenters. The lowest BCUT2D eigenvalue weighted by Gasteiger charge is -2.28. The molecule has 5 nitrogen and oxygen atoms in total. The predicted octanol–water partition coefficient (Wildman–Crippen LogP) is 4.94. The molecule has 2 aliphatic rings. The zero-order chi connectivity index (χ0) is 21.0. The van der Waals surface area contributed by atoms with Crippen LogP contribution in [0.4, 0.5) is 0 Å². The average Bonchev–Trinajstić information content (AvgIpc) is 3.37. The Bertz CT molecular complexity index is 963. The number of fused-ring (bicyclic) bond motifs is 1. The lowest BCUT2D eigenvalue weighted by atomic mass is 9.85. The highest BCUT2D eigenvalue weighted by Crippen LogP contribution is 2.36. The van der Waals surface area contributed by atoms with Crippen LogP contribution in [0.25, 0.3) is 10.8 Å². The van der Waals surface area contributed by atoms with Crippen molar-refractivity contribution >= 4 is 22.6 Å². The van der Waals surface area contributed by atoms with Crippen LogP contribution < -0.4 is 0 Å². The number of rotatable bonds is 9. The Morgan fingerprint density at radius 2 is 2.10 bits per heavy atom. The van der Waals surface area contributed by atoms with Crippen LogP contribution in [0.1, 0.15) is 32.3 Å². The van der Waals surface area contributed by atoms with E-state index in [9.17, 15) is 0 Å². The van der Waals surface area contributed by atoms with E-state index in [0.29, 0.717) is 19.6 Å². The van der Waals surface area contributed by atoms with Gasteiger partial charge in [-0.25, -0.2) is 4.99 Å². The smallest absolute Gasteiger partial charge is 0.187 e. The molecule has 0 saturated heterocycles. The summed E-state index contributed by atoms with van der Waals surface area (Å²) in [7, 11) is 0. The third-order valence-electron chi connectivity index (χ3n) is 5.97. The largest absolute Gasteiger partial charge is 0.502 e. The van der Waals surface area contributed by atoms with Crippen molar-refractivity contribution in [3.05, 3.63) is 60.9 Å². The molecule has 0 spiro atoms. The highest BCUT2D eigenvalue weighted by atomic mass is 16.5. The Labute approximate surface area is 178 Å². The molecule has 2 aromatic rings. The van der Waals surface area contributed by atoms with E-state index in [1.807, 2.05) is 0 Å². The highest BCUT2D eigenvalue weighted by molar-refractivity contribution is 5.86. The summed E-state index contributed by atoms with van der Waals surface area (Å²) in [6.45, 7) is 9.92. The Balaban J connectivity index is 1.61. The lowest BCUT2D eigenvalue weighted by molar-refractivity contribution is 0.136. The maximum atomic E-state index is 6.42. The van der Waals surface area contributed by atoms with Crippen LogP contribution in [0, 0.1) is 5.92 Å². The summed E-state index contributed by atoms with van der Waals surface area (Å²) >= 11 is 0. The molecule has 158 valence electrons. The van der Waals surface area contributed by atoms with Gasteiger partial charge in [-0.05, 0) is 29.7 Å². The molecule has 5 heteroatoms. The van der Waals surface area contributed by atoms with Crippen molar-refractivity contribution in [1.29, 1.82) is 0 Å². The van der Waals surface area contributed by atoms with Crippen LogP contribution in [-0.4, -0.2) is 43.2 Å². The Kier molecular flexibility index (Phi) is 6.07. The zero-order valence-corrected chi connectivity index (χ0v) is 17.8. The van der Waals surface area contributed by atoms with E-state index < -0.39 is 0 Å². The molecule has 0 aliphatic carbocycles. The van der Waals surface area contributed by atoms with Gasteiger partial charge in [0, 0.05) is 12.3 Å². The molecule has 2 aliphatic heterocycles. The third kappa shape index (κ3) is 4.35. The molecule has 0 radical (unpaired) electrons. The monoisotopic (exact) mass is 406 g/mol. The van der Waals surface area contributed by atoms with Crippen molar-refractivity contribution in [2.75, 3.05) is 19.8 Å². The number of hydrogen-bond acceptors (Lipinski definition) is 5. The second-order valence-corrected chi connectivity index (χ2v) is 8.28. The molecule has 0 fully saturated rings. The molecular weight excluding hydrogens is 376 g/mol. The molecule has 0 bridgehead atoms. The van der Waals surface area contributed by atoms with Crippen LogP contribution >= 0.6 is 0 Å². The van der Waals surface area contributed by atoms with E-state index in [0.717, 1.165) is 31.2 Å². The molecule has 0 aromatic heterocycles. The van der Waals surface area contributed by atoms with Gasteiger partial charge in [-0.2, -0.15) is 0 Å². The topological polar surface area (TPSA) is 52.4 Å². The van der Waals surface area contributed by atoms with Crippen LogP contribution in [-0.2, 0) is 20.6 Å². The van der Waals surface area contributed by atoms with E-state index in [1.54, 1.807) is 0 Å². The Morgan fingerprint density at radius 1 is 1.27 bits per heavy atom. The van der Waals surface area contributed by atoms with Crippen molar-refractivity contribution in [3.63, 3.8) is 0 Å². The van der Waals surface area contributed by atoms with E-state index in [1.165, 1.54) is 22.6 Å². The number of aliphatic imine (C=N–C) groups is 2. The van der Waals surface area contributed by atoms with Crippen LogP contribution in [0.2, 0.25) is 0 Å². The molecule has 0 amide bonds. The molecule has 4 rings (SSSR count). The SMILES string of the molecule is C=COCCC(C)C1=NC(C)(Cc2cccc3ccccc23)C(CC2=NCCO2)O1. The minimum atomic E-state index is -0.387. The first kappa shape index (κ1) is 20.5. The minimum absolute atomic E-state index is 0.105. The molecule has 2 aromatic carbocycles. The molecule has 0 saturated carbocycles. The number of nitrogens with zero attached hydrogens (tertiary/aromatic N) is 2. The van der Waals surface area contributed by atoms with Gasteiger partial charge in [-0.15, -0.1) is 0 Å². The maximum absolute atomic E-state index is 6.42. The van der Waals surface area contributed by atoms with E-state index in [4.69, 9.17) is 19.2 Å². The summed E-state index contributed by atoms with van der Waals surface area (Å²) in [5.74, 6) is 1.76. The summed E-state index contributed by atoms with van der Waals surface area (Å²) in [4.78, 5) is 9.61. The van der Waals surface area contributed by atoms with Crippen molar-refractivity contribution in [2.45, 2.75) is 44.8 Å². The second-order valence-electron chi connectivity index (χ2n) is 8.28. The van der Waals surface area contributed by atoms with Gasteiger partial charge in [-0.3, -0.25) is 4.99 Å². The van der Waals surface area contributed by atoms with Crippen LogP contribution in [0.3, 0.4) is 0 Å². The fourth-order valence-corrected chi connectivity index (χ4v) is 4.21. The first-order chi connectivity index (χ1) is 14.6. The highest BCUT2D eigenvalue weighted by Gasteiger charge is 2.44. The number of ether oxygens (including phenoxy) is 3. The van der Waals surface area contributed by atoms with Crippen LogP contribution in [0.5, 0.6) is 0 Å². The van der Waals surface area contributed by atoms with Crippen LogP contribution in [0.15, 0.2) is 65.3 Å². The summed E-state index contributed by atoms with van der Waals surface area (Å²) in [5, 5.41) is 2.52. The fraction of sp³-hybridized carbons (Fsp3) is 0.440. The first-order valence-electron chi connectivity index (χ1n) is 10.7. The van der Waals surface area contributed by atoms with Crippen molar-refractivity contribution in [1.82, 2.24) is 0 Å². The van der Waals surface area contributed by atoms with Gasteiger partial charge in [0.15, 0.2) is 11.8 Å². The minimum Gasteiger partial charge on any atom is -0.502 e. The van der Waals surface area contributed by atoms with Crippen molar-refractivity contribution in [3.8, 4) is 0 Å². The van der Waals surface area contributed by atoms with Gasteiger partial charge in [-0.1, -0.05) is 56.0 Å². The van der Waals surface area contributed by atoms with Gasteiger partial charge in [0.25, 0.3) is 0 Å². The van der Waals surface area contributed by atoms with E-state index >= 15 is 0 Å². The maximum Gasteiger partial charge on any atom is 0.187 e. The number of benzene rings is 2. The Morgan fingerprint density at radius 3 is 2.90 bits per heavy atom. The average molecular weight is 407 g/mol. The lowest BCUT2D eigenvalue weighted by Crippen LogP contribution is -2.39. The predicted molar refractivity (Wildman–Crippen MR) is 121 cm³/mol. The van der Waals surface area contributed by atoms with Crippen molar-refractivity contribution < 1.29 is 14.2 Å². The molecule has 0 N–H and O–H groups in total. The normalized spacial score (nSPS) is 24.0. The Hall–Kier alpha value is -2.82. The standard InChI is InChI=1S/C25H30N2O3/c1-4-28-14-12-18(2)24-27-25(3,22(30-24)16-23-26-13-15-29-23)17-20-10-7-9-19-8-5-6-11-21(19)20/h4-11,18,22H,1,12-17H2,2-3H3.